The number of nitrogens with zero attached hydrogens (tertiary/aromatic N) is 4. The molecule has 2 heterocycles. The molecule has 1 aromatic rings. The van der Waals surface area contributed by atoms with Crippen molar-refractivity contribution in [1.29, 1.82) is 0 Å². The van der Waals surface area contributed by atoms with Crippen molar-refractivity contribution in [1.82, 2.24) is 0 Å². The zero-order valence-corrected chi connectivity index (χ0v) is 17.0. The van der Waals surface area contributed by atoms with Gasteiger partial charge in [0.1, 0.15) is 12.8 Å². The molecule has 10 heteroatoms. The highest BCUT2D eigenvalue weighted by Gasteiger charge is 2.22. The van der Waals surface area contributed by atoms with E-state index in [1.54, 1.807) is 23.0 Å². The highest BCUT2D eigenvalue weighted by molar-refractivity contribution is 7.92. The Morgan fingerprint density at radius 3 is 2.68 bits per heavy atom. The normalized spacial score (nSPS) is 19.7. The monoisotopic (exact) mass is 407 g/mol. The lowest BCUT2D eigenvalue weighted by Gasteiger charge is -2.33. The van der Waals surface area contributed by atoms with Gasteiger partial charge in [-0.3, -0.25) is 10.5 Å². The van der Waals surface area contributed by atoms with Gasteiger partial charge >= 0.3 is 5.84 Å². The van der Waals surface area contributed by atoms with Gasteiger partial charge < -0.3 is 10.0 Å². The largest absolute Gasteiger partial charge is 0.396 e. The Labute approximate surface area is 165 Å². The lowest BCUT2D eigenvalue weighted by Crippen LogP contribution is -2.34. The highest BCUT2D eigenvalue weighted by atomic mass is 32.2. The van der Waals surface area contributed by atoms with Crippen LogP contribution in [-0.2, 0) is 10.0 Å². The summed E-state index contributed by atoms with van der Waals surface area (Å²) in [7, 11) is -3.48. The molecule has 9 nitrogen and oxygen atoms in total. The van der Waals surface area contributed by atoms with Crippen LogP contribution in [0, 0.1) is 5.92 Å². The van der Waals surface area contributed by atoms with Crippen LogP contribution in [0.2, 0.25) is 0 Å². The fourth-order valence-corrected chi connectivity index (χ4v) is 3.89. The number of hydrogen-bond donors (Lipinski definition) is 3. The quantitative estimate of drug-likeness (QED) is 0.600. The molecule has 0 aromatic heterocycles. The van der Waals surface area contributed by atoms with Gasteiger partial charge in [-0.2, -0.15) is 0 Å². The summed E-state index contributed by atoms with van der Waals surface area (Å²) in [5.41, 5.74) is 8.33. The standard InChI is InChI=1S/C18H26N6O3S/c1-3-24-18(19)17(11-20-24)21-15-5-4-14(10-16(15)22-28(2,26)27)23-8-6-13(12-25)7-9-23/h4-5,10-11,13,25H,3,6-9,12H2,1-2H3,(H2,19,20,22)/p+1. The van der Waals surface area contributed by atoms with Gasteiger partial charge in [0.05, 0.1) is 17.6 Å². The maximum absolute atomic E-state index is 11.9. The number of hydrogen-bond acceptors (Lipinski definition) is 7. The summed E-state index contributed by atoms with van der Waals surface area (Å²) in [4.78, 5) is 6.71. The molecular weight excluding hydrogens is 380 g/mol. The molecule has 0 aliphatic carbocycles. The van der Waals surface area contributed by atoms with Crippen LogP contribution in [0.3, 0.4) is 0 Å². The number of anilines is 2. The fraction of sp³-hybridized carbons (Fsp3) is 0.500. The van der Waals surface area contributed by atoms with Gasteiger partial charge in [0.25, 0.3) is 0 Å². The number of rotatable bonds is 6. The van der Waals surface area contributed by atoms with Gasteiger partial charge in [-0.25, -0.2) is 13.4 Å². The van der Waals surface area contributed by atoms with E-state index >= 15 is 0 Å². The second-order valence-electron chi connectivity index (χ2n) is 7.03. The Hall–Kier alpha value is -2.46. The molecule has 0 amide bonds. The van der Waals surface area contributed by atoms with Crippen molar-refractivity contribution >= 4 is 44.8 Å². The minimum Gasteiger partial charge on any atom is -0.396 e. The zero-order valence-electron chi connectivity index (χ0n) is 16.2. The predicted molar refractivity (Wildman–Crippen MR) is 113 cm³/mol. The third-order valence-corrected chi connectivity index (χ3v) is 5.50. The SMILES string of the molecule is CC[N+]1=C(N)C(=Nc2ccc(N3CCC(CO)CC3)cc2NS(C)(=O)=O)C=N1. The first-order valence-electron chi connectivity index (χ1n) is 9.31. The first-order valence-corrected chi connectivity index (χ1v) is 11.2. The first kappa shape index (κ1) is 20.3. The summed E-state index contributed by atoms with van der Waals surface area (Å²) >= 11 is 0. The molecule has 0 atom stereocenters. The van der Waals surface area contributed by atoms with Gasteiger partial charge in [0.15, 0.2) is 5.71 Å². The molecule has 3 rings (SSSR count). The average Bonchev–Trinajstić information content (AvgIpc) is 3.01. The van der Waals surface area contributed by atoms with Crippen LogP contribution in [-0.4, -0.2) is 68.5 Å². The van der Waals surface area contributed by atoms with Gasteiger partial charge in [-0.05, 0) is 43.9 Å². The number of nitrogens with two attached hydrogens (primary N) is 1. The topological polar surface area (TPSA) is 123 Å². The Bertz CT molecular complexity index is 931. The van der Waals surface area contributed by atoms with E-state index in [1.807, 2.05) is 13.0 Å². The van der Waals surface area contributed by atoms with E-state index in [0.29, 0.717) is 35.4 Å². The molecule has 1 saturated heterocycles. The van der Waals surface area contributed by atoms with Crippen LogP contribution in [0.15, 0.2) is 28.3 Å². The van der Waals surface area contributed by atoms with Gasteiger partial charge in [0, 0.05) is 25.4 Å². The second kappa shape index (κ2) is 8.27. The van der Waals surface area contributed by atoms with Crippen molar-refractivity contribution in [2.45, 2.75) is 19.8 Å². The zero-order chi connectivity index (χ0) is 20.3. The molecule has 0 radical (unpaired) electrons. The van der Waals surface area contributed by atoms with Crippen molar-refractivity contribution in [2.75, 3.05) is 42.1 Å². The molecule has 1 fully saturated rings. The van der Waals surface area contributed by atoms with Gasteiger partial charge in [-0.1, -0.05) is 5.10 Å². The molecule has 152 valence electrons. The Balaban J connectivity index is 1.93. The van der Waals surface area contributed by atoms with Crippen molar-refractivity contribution < 1.29 is 18.2 Å². The van der Waals surface area contributed by atoms with E-state index in [-0.39, 0.29) is 6.61 Å². The van der Waals surface area contributed by atoms with Crippen molar-refractivity contribution in [3.63, 3.8) is 0 Å². The number of amidine groups is 1. The van der Waals surface area contributed by atoms with Crippen LogP contribution in [0.1, 0.15) is 19.8 Å². The van der Waals surface area contributed by atoms with Crippen LogP contribution < -0.4 is 15.4 Å². The van der Waals surface area contributed by atoms with Crippen molar-refractivity contribution in [3.8, 4) is 0 Å². The number of aliphatic hydroxyl groups excluding tert-OH is 1. The van der Waals surface area contributed by atoms with Gasteiger partial charge in [-0.15, -0.1) is 4.68 Å². The number of nitrogens with one attached hydrogen (secondary N) is 1. The summed E-state index contributed by atoms with van der Waals surface area (Å²) < 4.78 is 27.9. The van der Waals surface area contributed by atoms with Crippen LogP contribution in [0.5, 0.6) is 0 Å². The molecule has 4 N–H and O–H groups in total. The molecule has 0 saturated carbocycles. The number of aliphatic imine (C=N–C) groups is 1. The molecule has 0 spiro atoms. The Morgan fingerprint density at radius 2 is 2.11 bits per heavy atom. The lowest BCUT2D eigenvalue weighted by atomic mass is 9.97. The maximum Gasteiger partial charge on any atom is 0.321 e. The second-order valence-corrected chi connectivity index (χ2v) is 8.78. The summed E-state index contributed by atoms with van der Waals surface area (Å²) in [6, 6.07) is 5.50. The summed E-state index contributed by atoms with van der Waals surface area (Å²) in [5, 5.41) is 13.5. The highest BCUT2D eigenvalue weighted by Crippen LogP contribution is 2.33. The van der Waals surface area contributed by atoms with Crippen LogP contribution >= 0.6 is 0 Å². The summed E-state index contributed by atoms with van der Waals surface area (Å²) in [5.74, 6) is 0.764. The van der Waals surface area contributed by atoms with Gasteiger partial charge in [0.2, 0.25) is 10.0 Å². The van der Waals surface area contributed by atoms with E-state index < -0.39 is 10.0 Å². The molecule has 28 heavy (non-hydrogen) atoms. The fourth-order valence-electron chi connectivity index (χ4n) is 3.33. The van der Waals surface area contributed by atoms with E-state index in [2.05, 4.69) is 19.7 Å². The summed E-state index contributed by atoms with van der Waals surface area (Å²) in [6.45, 7) is 4.39. The number of sulfonamides is 1. The number of aliphatic hydroxyl groups is 1. The molecule has 1 aromatic carbocycles. The number of benzene rings is 1. The van der Waals surface area contributed by atoms with E-state index in [9.17, 15) is 13.5 Å². The third-order valence-electron chi connectivity index (χ3n) is 4.91. The van der Waals surface area contributed by atoms with E-state index in [0.717, 1.165) is 37.9 Å². The van der Waals surface area contributed by atoms with Crippen molar-refractivity contribution in [2.24, 2.45) is 21.7 Å². The Kier molecular flexibility index (Phi) is 5.99. The first-order chi connectivity index (χ1) is 13.3. The smallest absolute Gasteiger partial charge is 0.321 e. The predicted octanol–water partition coefficient (Wildman–Crippen LogP) is 0.728. The maximum atomic E-state index is 11.9. The van der Waals surface area contributed by atoms with Crippen LogP contribution in [0.25, 0.3) is 0 Å². The molecule has 0 bridgehead atoms. The molecule has 2 aliphatic heterocycles. The van der Waals surface area contributed by atoms with Crippen molar-refractivity contribution in [3.05, 3.63) is 18.2 Å². The minimum atomic E-state index is -3.48. The molecule has 2 aliphatic rings. The minimum absolute atomic E-state index is 0.208. The summed E-state index contributed by atoms with van der Waals surface area (Å²) in [6.07, 6.45) is 4.49. The molecular formula is C18H27N6O3S+. The molecule has 0 unspecified atom stereocenters. The number of piperidine rings is 1. The Morgan fingerprint density at radius 1 is 1.39 bits per heavy atom. The van der Waals surface area contributed by atoms with E-state index in [1.165, 1.54) is 0 Å². The third kappa shape index (κ3) is 4.68. The average molecular weight is 408 g/mol. The van der Waals surface area contributed by atoms with E-state index in [4.69, 9.17) is 5.73 Å². The van der Waals surface area contributed by atoms with Crippen LogP contribution in [0.4, 0.5) is 17.1 Å². The lowest BCUT2D eigenvalue weighted by molar-refractivity contribution is -0.526. The number of hydrazone groups is 1.